The van der Waals surface area contributed by atoms with Crippen LogP contribution < -0.4 is 15.0 Å². The number of benzene rings is 3. The van der Waals surface area contributed by atoms with Crippen molar-refractivity contribution in [3.63, 3.8) is 0 Å². The molecule has 0 aliphatic carbocycles. The number of halogens is 1. The van der Waals surface area contributed by atoms with Crippen LogP contribution in [0, 0.1) is 0 Å². The van der Waals surface area contributed by atoms with Crippen LogP contribution in [0.1, 0.15) is 18.1 Å². The molecule has 4 rings (SSSR count). The molecule has 2 amide bonds. The predicted octanol–water partition coefficient (Wildman–Crippen LogP) is 6.33. The highest BCUT2D eigenvalue weighted by atomic mass is 35.5. The summed E-state index contributed by atoms with van der Waals surface area (Å²) in [6, 6.07) is 22.1. The average molecular weight is 509 g/mol. The van der Waals surface area contributed by atoms with Crippen molar-refractivity contribution in [3.8, 4) is 5.75 Å². The summed E-state index contributed by atoms with van der Waals surface area (Å²) in [5.41, 5.74) is 3.37. The van der Waals surface area contributed by atoms with E-state index in [9.17, 15) is 9.59 Å². The van der Waals surface area contributed by atoms with E-state index in [2.05, 4.69) is 12.2 Å². The zero-order chi connectivity index (χ0) is 24.1. The monoisotopic (exact) mass is 508 g/mol. The van der Waals surface area contributed by atoms with Crippen LogP contribution in [0.5, 0.6) is 5.75 Å². The summed E-state index contributed by atoms with van der Waals surface area (Å²) in [7, 11) is 0. The zero-order valence-electron chi connectivity index (χ0n) is 18.3. The minimum atomic E-state index is -0.283. The number of ether oxygens (including phenoxy) is 1. The van der Waals surface area contributed by atoms with Crippen LogP contribution in [0.4, 0.5) is 11.4 Å². The molecule has 1 aliphatic rings. The smallest absolute Gasteiger partial charge is 0.270 e. The van der Waals surface area contributed by atoms with E-state index in [0.717, 1.165) is 17.7 Å². The highest BCUT2D eigenvalue weighted by Crippen LogP contribution is 2.36. The molecule has 1 saturated heterocycles. The minimum Gasteiger partial charge on any atom is -0.482 e. The quantitative estimate of drug-likeness (QED) is 0.298. The maximum atomic E-state index is 12.9. The number of hydrogen-bond acceptors (Lipinski definition) is 5. The molecular weight excluding hydrogens is 488 g/mol. The fourth-order valence-corrected chi connectivity index (χ4v) is 4.85. The lowest BCUT2D eigenvalue weighted by molar-refractivity contribution is -0.118. The Hall–Kier alpha value is -3.13. The summed E-state index contributed by atoms with van der Waals surface area (Å²) in [6.07, 6.45) is 2.68. The van der Waals surface area contributed by atoms with E-state index < -0.39 is 0 Å². The van der Waals surface area contributed by atoms with E-state index in [1.807, 2.05) is 54.6 Å². The van der Waals surface area contributed by atoms with Crippen LogP contribution in [0.3, 0.4) is 0 Å². The van der Waals surface area contributed by atoms with Gasteiger partial charge in [0.2, 0.25) is 0 Å². The Morgan fingerprint density at radius 1 is 1.12 bits per heavy atom. The van der Waals surface area contributed by atoms with Crippen molar-refractivity contribution in [2.75, 3.05) is 16.8 Å². The van der Waals surface area contributed by atoms with Crippen molar-refractivity contribution in [1.82, 2.24) is 0 Å². The lowest BCUT2D eigenvalue weighted by Crippen LogP contribution is -2.27. The third-order valence-corrected chi connectivity index (χ3v) is 6.66. The molecule has 1 aliphatic heterocycles. The van der Waals surface area contributed by atoms with Gasteiger partial charge in [-0.3, -0.25) is 14.5 Å². The number of rotatable bonds is 7. The Bertz CT molecular complexity index is 1260. The number of carbonyl (C=O) groups excluding carboxylic acids is 2. The van der Waals surface area contributed by atoms with E-state index in [0.29, 0.717) is 25.7 Å². The van der Waals surface area contributed by atoms with Gasteiger partial charge >= 0.3 is 0 Å². The highest BCUT2D eigenvalue weighted by molar-refractivity contribution is 8.27. The topological polar surface area (TPSA) is 58.6 Å². The molecule has 3 aromatic carbocycles. The van der Waals surface area contributed by atoms with Gasteiger partial charge in [0.05, 0.1) is 15.6 Å². The number of anilines is 2. The number of thioether (sulfide) groups is 1. The molecule has 0 atom stereocenters. The minimum absolute atomic E-state index is 0.176. The summed E-state index contributed by atoms with van der Waals surface area (Å²) < 4.78 is 6.06. The molecule has 5 nitrogen and oxygen atoms in total. The first-order valence-corrected chi connectivity index (χ1v) is 12.2. The standard InChI is InChI=1S/C26H21ClN2O3S2/c1-2-17-8-11-19(12-9-17)28-24(30)16-32-22-13-10-18(14-21(22)27)15-23-25(31)29(26(33)34-23)20-6-4-3-5-7-20/h3-15H,2,16H2,1H3,(H,28,30)/b23-15-. The molecule has 0 spiro atoms. The van der Waals surface area contributed by atoms with Crippen LogP contribution in [-0.2, 0) is 16.0 Å². The Morgan fingerprint density at radius 3 is 2.53 bits per heavy atom. The van der Waals surface area contributed by atoms with Gasteiger partial charge in [0, 0.05) is 5.69 Å². The molecule has 0 bridgehead atoms. The lowest BCUT2D eigenvalue weighted by atomic mass is 10.1. The summed E-state index contributed by atoms with van der Waals surface area (Å²) in [5, 5.41) is 3.14. The van der Waals surface area contributed by atoms with Crippen molar-refractivity contribution < 1.29 is 14.3 Å². The van der Waals surface area contributed by atoms with Gasteiger partial charge in [-0.25, -0.2) is 0 Å². The van der Waals surface area contributed by atoms with Crippen molar-refractivity contribution in [1.29, 1.82) is 0 Å². The van der Waals surface area contributed by atoms with E-state index in [4.69, 9.17) is 28.6 Å². The highest BCUT2D eigenvalue weighted by Gasteiger charge is 2.33. The molecule has 1 fully saturated rings. The first-order valence-electron chi connectivity index (χ1n) is 10.6. The van der Waals surface area contributed by atoms with E-state index >= 15 is 0 Å². The maximum Gasteiger partial charge on any atom is 0.270 e. The van der Waals surface area contributed by atoms with Gasteiger partial charge in [0.15, 0.2) is 10.9 Å². The number of nitrogens with zero attached hydrogens (tertiary/aromatic N) is 1. The summed E-state index contributed by atoms with van der Waals surface area (Å²) in [4.78, 5) is 27.1. The lowest BCUT2D eigenvalue weighted by Gasteiger charge is -2.13. The van der Waals surface area contributed by atoms with Gasteiger partial charge in [-0.05, 0) is 60.0 Å². The summed E-state index contributed by atoms with van der Waals surface area (Å²) in [6.45, 7) is 1.90. The SMILES string of the molecule is CCc1ccc(NC(=O)COc2ccc(/C=C3\SC(=S)N(c4ccccc4)C3=O)cc2Cl)cc1. The third kappa shape index (κ3) is 5.67. The molecule has 0 saturated carbocycles. The first-order chi connectivity index (χ1) is 16.4. The molecule has 0 aromatic heterocycles. The number of amides is 2. The van der Waals surface area contributed by atoms with Crippen molar-refractivity contribution >= 4 is 69.2 Å². The molecule has 0 radical (unpaired) electrons. The van der Waals surface area contributed by atoms with Crippen LogP contribution in [0.2, 0.25) is 5.02 Å². The Kier molecular flexibility index (Phi) is 7.67. The van der Waals surface area contributed by atoms with E-state index in [1.165, 1.54) is 22.2 Å². The number of nitrogens with one attached hydrogen (secondary N) is 1. The summed E-state index contributed by atoms with van der Waals surface area (Å²) >= 11 is 13.0. The number of para-hydroxylation sites is 1. The Balaban J connectivity index is 1.39. The van der Waals surface area contributed by atoms with Crippen LogP contribution in [-0.4, -0.2) is 22.7 Å². The molecule has 8 heteroatoms. The van der Waals surface area contributed by atoms with Gasteiger partial charge in [-0.1, -0.05) is 78.9 Å². The fraction of sp³-hybridized carbons (Fsp3) is 0.115. The van der Waals surface area contributed by atoms with Crippen LogP contribution >= 0.6 is 35.6 Å². The summed E-state index contributed by atoms with van der Waals surface area (Å²) in [5.74, 6) is -0.0811. The maximum absolute atomic E-state index is 12.9. The first kappa shape index (κ1) is 24.0. The zero-order valence-corrected chi connectivity index (χ0v) is 20.7. The van der Waals surface area contributed by atoms with Crippen LogP contribution in [0.25, 0.3) is 6.08 Å². The van der Waals surface area contributed by atoms with Gasteiger partial charge in [0.25, 0.3) is 11.8 Å². The van der Waals surface area contributed by atoms with Gasteiger partial charge in [0.1, 0.15) is 5.75 Å². The molecule has 172 valence electrons. The van der Waals surface area contributed by atoms with Crippen molar-refractivity contribution in [2.45, 2.75) is 13.3 Å². The molecule has 1 N–H and O–H groups in total. The molecule has 34 heavy (non-hydrogen) atoms. The van der Waals surface area contributed by atoms with E-state index in [1.54, 1.807) is 24.3 Å². The average Bonchev–Trinajstić information content (AvgIpc) is 3.12. The third-order valence-electron chi connectivity index (χ3n) is 5.07. The molecule has 3 aromatic rings. The normalized spacial score (nSPS) is 14.5. The number of thiocarbonyl (C=S) groups is 1. The predicted molar refractivity (Wildman–Crippen MR) is 143 cm³/mol. The number of aryl methyl sites for hydroxylation is 1. The molecule has 0 unspecified atom stereocenters. The molecular formula is C26H21ClN2O3S2. The fourth-order valence-electron chi connectivity index (χ4n) is 3.31. The van der Waals surface area contributed by atoms with Gasteiger partial charge in [-0.2, -0.15) is 0 Å². The Labute approximate surface area is 212 Å². The van der Waals surface area contributed by atoms with Crippen LogP contribution in [0.15, 0.2) is 77.7 Å². The van der Waals surface area contributed by atoms with E-state index in [-0.39, 0.29) is 18.4 Å². The number of hydrogen-bond donors (Lipinski definition) is 1. The second kappa shape index (κ2) is 10.9. The second-order valence-electron chi connectivity index (χ2n) is 7.43. The van der Waals surface area contributed by atoms with Crippen molar-refractivity contribution in [2.24, 2.45) is 0 Å². The molecule has 1 heterocycles. The largest absolute Gasteiger partial charge is 0.482 e. The van der Waals surface area contributed by atoms with Gasteiger partial charge < -0.3 is 10.1 Å². The second-order valence-corrected chi connectivity index (χ2v) is 9.51. The van der Waals surface area contributed by atoms with Crippen molar-refractivity contribution in [3.05, 3.63) is 93.9 Å². The van der Waals surface area contributed by atoms with Gasteiger partial charge in [-0.15, -0.1) is 0 Å². The Morgan fingerprint density at radius 2 is 1.85 bits per heavy atom. The number of carbonyl (C=O) groups is 2.